The number of hydrogen-bond acceptors (Lipinski definition) is 6. The Labute approximate surface area is 161 Å². The van der Waals surface area contributed by atoms with Gasteiger partial charge in [0, 0.05) is 40.9 Å². The Bertz CT molecular complexity index is 962. The van der Waals surface area contributed by atoms with Crippen LogP contribution in [-0.4, -0.2) is 35.7 Å². The third-order valence-electron chi connectivity index (χ3n) is 4.60. The van der Waals surface area contributed by atoms with Gasteiger partial charge in [-0.3, -0.25) is 4.79 Å². The molecule has 3 aromatic rings. The minimum absolute atomic E-state index is 0. The highest BCUT2D eigenvalue weighted by Crippen LogP contribution is 2.32. The van der Waals surface area contributed by atoms with E-state index in [1.165, 1.54) is 9.75 Å². The minimum atomic E-state index is -0.101. The number of amides is 1. The molecule has 3 aromatic heterocycles. The summed E-state index contributed by atoms with van der Waals surface area (Å²) >= 11 is 1.72. The molecule has 0 unspecified atom stereocenters. The van der Waals surface area contributed by atoms with Crippen LogP contribution < -0.4 is 10.6 Å². The lowest BCUT2D eigenvalue weighted by Gasteiger charge is -2.27. The average Bonchev–Trinajstić information content (AvgIpc) is 3.07. The van der Waals surface area contributed by atoms with Gasteiger partial charge in [-0.25, -0.2) is 4.98 Å². The number of carbonyl (C=O) groups is 1. The van der Waals surface area contributed by atoms with Crippen molar-refractivity contribution >= 4 is 40.8 Å². The fraction of sp³-hybridized carbons (Fsp3) is 0.389. The molecule has 0 aliphatic carbocycles. The topological polar surface area (TPSA) is 80.0 Å². The van der Waals surface area contributed by atoms with E-state index in [2.05, 4.69) is 40.7 Å². The quantitative estimate of drug-likeness (QED) is 0.712. The molecule has 2 N–H and O–H groups in total. The molecule has 4 heterocycles. The summed E-state index contributed by atoms with van der Waals surface area (Å²) in [5.74, 6) is 0.405. The molecule has 6 nitrogen and oxygen atoms in total. The second kappa shape index (κ2) is 7.34. The van der Waals surface area contributed by atoms with Gasteiger partial charge in [-0.05, 0) is 32.9 Å². The van der Waals surface area contributed by atoms with Crippen LogP contribution in [0.5, 0.6) is 0 Å². The molecule has 0 aromatic carbocycles. The standard InChI is InChI=1S/C18H20N4O2S.ClH/c1-9-4-13(11(3)25-9)15-5-14(16-10(2)22-24-18(16)21-15)17(23)20-8-12-6-19-7-12;/h4-5,12,19H,6-8H2,1-3H3,(H,20,23);1H. The molecule has 0 saturated carbocycles. The Balaban J connectivity index is 0.00000196. The SMILES string of the molecule is Cc1cc(-c2cc(C(=O)NCC3CNC3)c3c(C)noc3n2)c(C)s1.Cl. The zero-order chi connectivity index (χ0) is 17.6. The van der Waals surface area contributed by atoms with Crippen molar-refractivity contribution in [2.75, 3.05) is 19.6 Å². The van der Waals surface area contributed by atoms with E-state index in [1.54, 1.807) is 11.3 Å². The number of nitrogens with one attached hydrogen (secondary N) is 2. The van der Waals surface area contributed by atoms with Crippen LogP contribution in [0.2, 0.25) is 0 Å². The number of pyridine rings is 1. The van der Waals surface area contributed by atoms with E-state index in [1.807, 2.05) is 13.0 Å². The number of carbonyl (C=O) groups excluding carboxylic acids is 1. The summed E-state index contributed by atoms with van der Waals surface area (Å²) in [6.07, 6.45) is 0. The second-order valence-electron chi connectivity index (χ2n) is 6.56. The second-order valence-corrected chi connectivity index (χ2v) is 8.02. The van der Waals surface area contributed by atoms with E-state index < -0.39 is 0 Å². The van der Waals surface area contributed by atoms with Gasteiger partial charge in [0.1, 0.15) is 0 Å². The number of nitrogens with zero attached hydrogens (tertiary/aromatic N) is 2. The summed E-state index contributed by atoms with van der Waals surface area (Å²) in [5, 5.41) is 10.9. The van der Waals surface area contributed by atoms with Crippen molar-refractivity contribution in [3.8, 4) is 11.3 Å². The van der Waals surface area contributed by atoms with Crippen LogP contribution in [0.25, 0.3) is 22.4 Å². The summed E-state index contributed by atoms with van der Waals surface area (Å²) in [5.41, 5.74) is 3.46. The smallest absolute Gasteiger partial charge is 0.259 e. The molecule has 26 heavy (non-hydrogen) atoms. The molecule has 1 saturated heterocycles. The fourth-order valence-corrected chi connectivity index (χ4v) is 4.06. The molecule has 0 atom stereocenters. The van der Waals surface area contributed by atoms with Gasteiger partial charge in [-0.15, -0.1) is 23.7 Å². The number of rotatable bonds is 4. The molecular formula is C18H21ClN4O2S. The molecular weight excluding hydrogens is 372 g/mol. The average molecular weight is 393 g/mol. The van der Waals surface area contributed by atoms with Crippen LogP contribution in [0, 0.1) is 26.7 Å². The largest absolute Gasteiger partial charge is 0.352 e. The Hall–Kier alpha value is -1.96. The molecule has 0 spiro atoms. The first kappa shape index (κ1) is 18.8. The van der Waals surface area contributed by atoms with Gasteiger partial charge in [0.2, 0.25) is 0 Å². The molecule has 1 amide bonds. The van der Waals surface area contributed by atoms with Gasteiger partial charge in [0.05, 0.1) is 22.3 Å². The lowest BCUT2D eigenvalue weighted by atomic mass is 10.0. The predicted octanol–water partition coefficient (Wildman–Crippen LogP) is 3.25. The van der Waals surface area contributed by atoms with Crippen LogP contribution in [0.1, 0.15) is 25.8 Å². The van der Waals surface area contributed by atoms with E-state index in [0.717, 1.165) is 24.3 Å². The van der Waals surface area contributed by atoms with Crippen molar-refractivity contribution in [2.45, 2.75) is 20.8 Å². The van der Waals surface area contributed by atoms with Crippen molar-refractivity contribution in [2.24, 2.45) is 5.92 Å². The van der Waals surface area contributed by atoms with Crippen LogP contribution in [0.4, 0.5) is 0 Å². The minimum Gasteiger partial charge on any atom is -0.352 e. The maximum atomic E-state index is 12.8. The number of halogens is 1. The van der Waals surface area contributed by atoms with Gasteiger partial charge in [0.25, 0.3) is 11.6 Å². The normalized spacial score (nSPS) is 14.1. The molecule has 1 aliphatic rings. The zero-order valence-corrected chi connectivity index (χ0v) is 16.5. The molecule has 0 bridgehead atoms. The van der Waals surface area contributed by atoms with Gasteiger partial charge < -0.3 is 15.2 Å². The highest BCUT2D eigenvalue weighted by atomic mass is 35.5. The number of aromatic nitrogens is 2. The van der Waals surface area contributed by atoms with Crippen LogP contribution in [0.15, 0.2) is 16.7 Å². The predicted molar refractivity (Wildman–Crippen MR) is 105 cm³/mol. The summed E-state index contributed by atoms with van der Waals surface area (Å²) in [6.45, 7) is 8.55. The van der Waals surface area contributed by atoms with E-state index in [4.69, 9.17) is 4.52 Å². The van der Waals surface area contributed by atoms with Crippen molar-refractivity contribution in [1.29, 1.82) is 0 Å². The number of aryl methyl sites for hydroxylation is 3. The summed E-state index contributed by atoms with van der Waals surface area (Å²) in [4.78, 5) is 19.8. The van der Waals surface area contributed by atoms with Crippen molar-refractivity contribution in [3.05, 3.63) is 33.1 Å². The third-order valence-corrected chi connectivity index (χ3v) is 5.56. The Morgan fingerprint density at radius 1 is 1.35 bits per heavy atom. The Morgan fingerprint density at radius 2 is 2.12 bits per heavy atom. The first-order chi connectivity index (χ1) is 12.0. The fourth-order valence-electron chi connectivity index (χ4n) is 3.12. The van der Waals surface area contributed by atoms with Crippen molar-refractivity contribution < 1.29 is 9.32 Å². The summed E-state index contributed by atoms with van der Waals surface area (Å²) in [7, 11) is 0. The molecule has 4 rings (SSSR count). The number of thiophene rings is 1. The van der Waals surface area contributed by atoms with E-state index in [9.17, 15) is 4.79 Å². The lowest BCUT2D eigenvalue weighted by Crippen LogP contribution is -2.48. The molecule has 1 aliphatic heterocycles. The summed E-state index contributed by atoms with van der Waals surface area (Å²) < 4.78 is 5.36. The van der Waals surface area contributed by atoms with Gasteiger partial charge in [0.15, 0.2) is 0 Å². The monoisotopic (exact) mass is 392 g/mol. The van der Waals surface area contributed by atoms with Gasteiger partial charge in [-0.1, -0.05) is 5.16 Å². The highest BCUT2D eigenvalue weighted by Gasteiger charge is 2.22. The molecule has 1 fully saturated rings. The van der Waals surface area contributed by atoms with Crippen LogP contribution in [-0.2, 0) is 0 Å². The molecule has 8 heteroatoms. The number of hydrogen-bond donors (Lipinski definition) is 2. The third kappa shape index (κ3) is 3.34. The maximum Gasteiger partial charge on any atom is 0.259 e. The molecule has 138 valence electrons. The first-order valence-corrected chi connectivity index (χ1v) is 9.18. The van der Waals surface area contributed by atoms with Crippen molar-refractivity contribution in [3.63, 3.8) is 0 Å². The zero-order valence-electron chi connectivity index (χ0n) is 14.9. The van der Waals surface area contributed by atoms with E-state index in [-0.39, 0.29) is 18.3 Å². The van der Waals surface area contributed by atoms with E-state index in [0.29, 0.717) is 34.8 Å². The van der Waals surface area contributed by atoms with Crippen LogP contribution in [0.3, 0.4) is 0 Å². The van der Waals surface area contributed by atoms with Gasteiger partial charge in [-0.2, -0.15) is 0 Å². The lowest BCUT2D eigenvalue weighted by molar-refractivity contribution is 0.0943. The van der Waals surface area contributed by atoms with Crippen molar-refractivity contribution in [1.82, 2.24) is 20.8 Å². The number of fused-ring (bicyclic) bond motifs is 1. The van der Waals surface area contributed by atoms with Crippen LogP contribution >= 0.6 is 23.7 Å². The highest BCUT2D eigenvalue weighted by molar-refractivity contribution is 7.12. The molecule has 0 radical (unpaired) electrons. The Morgan fingerprint density at radius 3 is 2.73 bits per heavy atom. The first-order valence-electron chi connectivity index (χ1n) is 8.36. The van der Waals surface area contributed by atoms with Gasteiger partial charge >= 0.3 is 0 Å². The summed E-state index contributed by atoms with van der Waals surface area (Å²) in [6, 6.07) is 3.95. The van der Waals surface area contributed by atoms with E-state index >= 15 is 0 Å². The Kier molecular flexibility index (Phi) is 5.32. The maximum absolute atomic E-state index is 12.8.